The Kier molecular flexibility index (Phi) is 4.52. The fraction of sp³-hybridized carbons (Fsp3) is 0.500. The zero-order chi connectivity index (χ0) is 13.8. The molecule has 0 saturated carbocycles. The zero-order valence-electron chi connectivity index (χ0n) is 11.3. The molecule has 0 aliphatic heterocycles. The Bertz CT molecular complexity index is 538. The summed E-state index contributed by atoms with van der Waals surface area (Å²) >= 11 is 0. The molecule has 1 aromatic heterocycles. The van der Waals surface area contributed by atoms with Gasteiger partial charge in [-0.25, -0.2) is 4.98 Å². The largest absolute Gasteiger partial charge is 0.441 e. The van der Waals surface area contributed by atoms with Crippen LogP contribution in [0.4, 0.5) is 0 Å². The number of benzene rings is 1. The number of aliphatic hydroxyl groups is 2. The Labute approximate surface area is 112 Å². The molecule has 2 N–H and O–H groups in total. The Morgan fingerprint density at radius 2 is 2.21 bits per heavy atom. The minimum Gasteiger partial charge on any atom is -0.441 e. The van der Waals surface area contributed by atoms with Gasteiger partial charge in [0.15, 0.2) is 11.5 Å². The van der Waals surface area contributed by atoms with E-state index in [9.17, 15) is 5.11 Å². The molecule has 5 nitrogen and oxygen atoms in total. The summed E-state index contributed by atoms with van der Waals surface area (Å²) in [4.78, 5) is 6.26. The van der Waals surface area contributed by atoms with E-state index in [1.807, 2.05) is 37.1 Å². The maximum Gasteiger partial charge on any atom is 0.192 e. The van der Waals surface area contributed by atoms with Crippen LogP contribution >= 0.6 is 0 Å². The molecule has 0 spiro atoms. The van der Waals surface area contributed by atoms with Gasteiger partial charge in [-0.3, -0.25) is 0 Å². The van der Waals surface area contributed by atoms with Crippen LogP contribution in [-0.4, -0.2) is 52.9 Å². The van der Waals surface area contributed by atoms with Crippen LogP contribution in [0.15, 0.2) is 22.6 Å². The van der Waals surface area contributed by atoms with Gasteiger partial charge in [-0.2, -0.15) is 0 Å². The first-order valence-corrected chi connectivity index (χ1v) is 6.42. The molecule has 0 bridgehead atoms. The summed E-state index contributed by atoms with van der Waals surface area (Å²) in [6, 6.07) is 6.01. The van der Waals surface area contributed by atoms with Crippen LogP contribution in [0.1, 0.15) is 11.5 Å². The number of fused-ring (bicyclic) bond motifs is 1. The summed E-state index contributed by atoms with van der Waals surface area (Å²) in [7, 11) is 1.93. The third-order valence-corrected chi connectivity index (χ3v) is 3.08. The van der Waals surface area contributed by atoms with Crippen LogP contribution in [0.5, 0.6) is 0 Å². The van der Waals surface area contributed by atoms with Crippen molar-refractivity contribution in [2.75, 3.05) is 26.7 Å². The molecule has 0 fully saturated rings. The number of rotatable bonds is 6. The van der Waals surface area contributed by atoms with E-state index in [2.05, 4.69) is 4.98 Å². The van der Waals surface area contributed by atoms with Crippen molar-refractivity contribution >= 4 is 11.1 Å². The van der Waals surface area contributed by atoms with Crippen LogP contribution < -0.4 is 0 Å². The van der Waals surface area contributed by atoms with Crippen LogP contribution in [-0.2, 0) is 6.42 Å². The molecule has 2 rings (SSSR count). The summed E-state index contributed by atoms with van der Waals surface area (Å²) in [5.41, 5.74) is 2.87. The van der Waals surface area contributed by atoms with Crippen molar-refractivity contribution in [3.05, 3.63) is 29.7 Å². The first kappa shape index (κ1) is 14.0. The average molecular weight is 264 g/mol. The third kappa shape index (κ3) is 3.76. The van der Waals surface area contributed by atoms with Crippen molar-refractivity contribution in [2.24, 2.45) is 0 Å². The fourth-order valence-corrected chi connectivity index (χ4v) is 2.07. The number of nitrogens with zero attached hydrogens (tertiary/aromatic N) is 2. The molecule has 5 heteroatoms. The zero-order valence-corrected chi connectivity index (χ0v) is 11.3. The van der Waals surface area contributed by atoms with E-state index < -0.39 is 6.10 Å². The standard InChI is InChI=1S/C14H20N2O3/c1-10-15-13-4-3-11(7-14(13)19-10)5-6-16(2)8-12(18)9-17/h3-4,7,12,17-18H,5-6,8-9H2,1-2H3. The van der Waals surface area contributed by atoms with Crippen molar-refractivity contribution < 1.29 is 14.6 Å². The number of hydrogen-bond acceptors (Lipinski definition) is 5. The first-order chi connectivity index (χ1) is 9.08. The fourth-order valence-electron chi connectivity index (χ4n) is 2.07. The van der Waals surface area contributed by atoms with Crippen LogP contribution in [0.25, 0.3) is 11.1 Å². The lowest BCUT2D eigenvalue weighted by molar-refractivity contribution is 0.0669. The number of aromatic nitrogens is 1. The van der Waals surface area contributed by atoms with Gasteiger partial charge in [-0.1, -0.05) is 6.07 Å². The minimum absolute atomic E-state index is 0.201. The maximum atomic E-state index is 9.35. The summed E-state index contributed by atoms with van der Waals surface area (Å²) in [5.74, 6) is 0.676. The van der Waals surface area contributed by atoms with Gasteiger partial charge in [0, 0.05) is 20.0 Å². The highest BCUT2D eigenvalue weighted by Crippen LogP contribution is 2.17. The topological polar surface area (TPSA) is 69.7 Å². The Morgan fingerprint density at radius 3 is 2.95 bits per heavy atom. The van der Waals surface area contributed by atoms with Gasteiger partial charge in [0.2, 0.25) is 0 Å². The molecule has 0 aliphatic rings. The predicted octanol–water partition coefficient (Wildman–Crippen LogP) is 0.964. The molecular formula is C14H20N2O3. The lowest BCUT2D eigenvalue weighted by Gasteiger charge is -2.19. The van der Waals surface area contributed by atoms with Crippen LogP contribution in [0.3, 0.4) is 0 Å². The minimum atomic E-state index is -0.676. The quantitative estimate of drug-likeness (QED) is 0.813. The molecule has 1 atom stereocenters. The van der Waals surface area contributed by atoms with E-state index in [0.29, 0.717) is 12.4 Å². The van der Waals surface area contributed by atoms with E-state index >= 15 is 0 Å². The third-order valence-electron chi connectivity index (χ3n) is 3.08. The molecule has 0 amide bonds. The molecule has 0 radical (unpaired) electrons. The van der Waals surface area contributed by atoms with Crippen molar-refractivity contribution in [2.45, 2.75) is 19.4 Å². The van der Waals surface area contributed by atoms with Crippen molar-refractivity contribution in [3.8, 4) is 0 Å². The van der Waals surface area contributed by atoms with E-state index in [1.165, 1.54) is 5.56 Å². The summed E-state index contributed by atoms with van der Waals surface area (Å²) in [6.07, 6.45) is 0.189. The van der Waals surface area contributed by atoms with Gasteiger partial charge in [0.1, 0.15) is 5.52 Å². The monoisotopic (exact) mass is 264 g/mol. The van der Waals surface area contributed by atoms with Gasteiger partial charge >= 0.3 is 0 Å². The maximum absolute atomic E-state index is 9.35. The molecular weight excluding hydrogens is 244 g/mol. The van der Waals surface area contributed by atoms with Crippen LogP contribution in [0, 0.1) is 6.92 Å². The Balaban J connectivity index is 1.94. The first-order valence-electron chi connectivity index (χ1n) is 6.42. The van der Waals surface area contributed by atoms with Crippen molar-refractivity contribution in [3.63, 3.8) is 0 Å². The van der Waals surface area contributed by atoms with Gasteiger partial charge in [-0.15, -0.1) is 0 Å². The Morgan fingerprint density at radius 1 is 1.42 bits per heavy atom. The Hall–Kier alpha value is -1.43. The molecule has 1 unspecified atom stereocenters. The number of aryl methyl sites for hydroxylation is 1. The average Bonchev–Trinajstić information content (AvgIpc) is 2.75. The second-order valence-corrected chi connectivity index (χ2v) is 4.88. The van der Waals surface area contributed by atoms with Gasteiger partial charge < -0.3 is 19.5 Å². The molecule has 0 saturated heterocycles. The van der Waals surface area contributed by atoms with E-state index in [-0.39, 0.29) is 6.61 Å². The second kappa shape index (κ2) is 6.14. The SMILES string of the molecule is Cc1nc2ccc(CCN(C)CC(O)CO)cc2o1. The lowest BCUT2D eigenvalue weighted by atomic mass is 10.1. The lowest BCUT2D eigenvalue weighted by Crippen LogP contribution is -2.32. The second-order valence-electron chi connectivity index (χ2n) is 4.88. The number of aliphatic hydroxyl groups excluding tert-OH is 2. The molecule has 2 aromatic rings. The predicted molar refractivity (Wildman–Crippen MR) is 73.0 cm³/mol. The number of hydrogen-bond donors (Lipinski definition) is 2. The summed E-state index contributed by atoms with van der Waals surface area (Å²) < 4.78 is 5.50. The molecule has 19 heavy (non-hydrogen) atoms. The van der Waals surface area contributed by atoms with Gasteiger partial charge in [-0.05, 0) is 31.2 Å². The molecule has 104 valence electrons. The number of likely N-dealkylation sites (N-methyl/N-ethyl adjacent to an activating group) is 1. The highest BCUT2D eigenvalue weighted by atomic mass is 16.3. The molecule has 1 heterocycles. The smallest absolute Gasteiger partial charge is 0.192 e. The molecule has 0 aliphatic carbocycles. The highest BCUT2D eigenvalue weighted by molar-refractivity contribution is 5.73. The van der Waals surface area contributed by atoms with Gasteiger partial charge in [0.05, 0.1) is 12.7 Å². The van der Waals surface area contributed by atoms with E-state index in [1.54, 1.807) is 0 Å². The van der Waals surface area contributed by atoms with E-state index in [4.69, 9.17) is 9.52 Å². The van der Waals surface area contributed by atoms with E-state index in [0.717, 1.165) is 24.1 Å². The normalized spacial score (nSPS) is 13.3. The number of oxazole rings is 1. The summed E-state index contributed by atoms with van der Waals surface area (Å²) in [6.45, 7) is 2.92. The van der Waals surface area contributed by atoms with Gasteiger partial charge in [0.25, 0.3) is 0 Å². The summed E-state index contributed by atoms with van der Waals surface area (Å²) in [5, 5.41) is 18.1. The van der Waals surface area contributed by atoms with Crippen molar-refractivity contribution in [1.82, 2.24) is 9.88 Å². The highest BCUT2D eigenvalue weighted by Gasteiger charge is 2.08. The molecule has 1 aromatic carbocycles. The van der Waals surface area contributed by atoms with Crippen molar-refractivity contribution in [1.29, 1.82) is 0 Å². The van der Waals surface area contributed by atoms with Crippen LogP contribution in [0.2, 0.25) is 0 Å².